The Morgan fingerprint density at radius 2 is 1.53 bits per heavy atom. The molecular weight excluding hydrogens is 465 g/mol. The van der Waals surface area contributed by atoms with Crippen LogP contribution in [-0.2, 0) is 6.42 Å². The highest BCUT2D eigenvalue weighted by Gasteiger charge is 2.41. The molecule has 0 aliphatic rings. The lowest BCUT2D eigenvalue weighted by Crippen LogP contribution is -2.33. The first-order valence-corrected chi connectivity index (χ1v) is 9.60. The third-order valence-corrected chi connectivity index (χ3v) is 4.14. The van der Waals surface area contributed by atoms with Gasteiger partial charge in [0.2, 0.25) is 0 Å². The Hall–Kier alpha value is -2.76. The van der Waals surface area contributed by atoms with E-state index in [-0.39, 0.29) is 16.5 Å². The highest BCUT2D eigenvalue weighted by atomic mass is 32.1. The molecule has 0 aromatic heterocycles. The van der Waals surface area contributed by atoms with Crippen molar-refractivity contribution in [3.8, 4) is 11.5 Å². The van der Waals surface area contributed by atoms with Crippen LogP contribution in [0.1, 0.15) is 12.5 Å². The SMILES string of the molecule is CCc1ccccc1NC(=S)Nc1cc(OCC(F)(F)F)cc(OCC(F)(F)C(F)F)c1. The molecule has 0 atom stereocenters. The van der Waals surface area contributed by atoms with Crippen molar-refractivity contribution in [3.63, 3.8) is 0 Å². The predicted molar refractivity (Wildman–Crippen MR) is 110 cm³/mol. The van der Waals surface area contributed by atoms with Gasteiger partial charge in [-0.05, 0) is 30.3 Å². The zero-order valence-corrected chi connectivity index (χ0v) is 17.4. The normalized spacial score (nSPS) is 11.9. The molecule has 2 aromatic carbocycles. The molecule has 32 heavy (non-hydrogen) atoms. The van der Waals surface area contributed by atoms with Gasteiger partial charge in [-0.25, -0.2) is 8.78 Å². The lowest BCUT2D eigenvalue weighted by atomic mass is 10.1. The number of anilines is 2. The number of ether oxygens (including phenoxy) is 2. The van der Waals surface area contributed by atoms with Gasteiger partial charge in [0.1, 0.15) is 11.5 Å². The first-order valence-electron chi connectivity index (χ1n) is 9.19. The minimum Gasteiger partial charge on any atom is -0.487 e. The molecule has 0 heterocycles. The quantitative estimate of drug-likeness (QED) is 0.324. The molecule has 0 aliphatic carbocycles. The number of benzene rings is 2. The number of rotatable bonds is 9. The summed E-state index contributed by atoms with van der Waals surface area (Å²) < 4.78 is 97.8. The monoisotopic (exact) mass is 484 g/mol. The fourth-order valence-corrected chi connectivity index (χ4v) is 2.68. The second-order valence-corrected chi connectivity index (χ2v) is 6.95. The second-order valence-electron chi connectivity index (χ2n) is 6.54. The lowest BCUT2D eigenvalue weighted by molar-refractivity contribution is -0.153. The molecule has 12 heteroatoms. The van der Waals surface area contributed by atoms with Gasteiger partial charge < -0.3 is 20.1 Å². The Morgan fingerprint density at radius 3 is 2.09 bits per heavy atom. The van der Waals surface area contributed by atoms with Gasteiger partial charge in [0.05, 0.1) is 0 Å². The van der Waals surface area contributed by atoms with Crippen LogP contribution in [0.15, 0.2) is 42.5 Å². The molecule has 0 aliphatic heterocycles. The third-order valence-electron chi connectivity index (χ3n) is 3.94. The standard InChI is InChI=1S/C20H19F7N2O2S/c1-2-12-5-3-4-6-16(12)29-18(32)28-13-7-14(30-10-19(23,24)17(21)22)9-15(8-13)31-11-20(25,26)27/h3-9,17H,2,10-11H2,1H3,(H2,28,29,32). The Balaban J connectivity index is 2.20. The Morgan fingerprint density at radius 1 is 0.938 bits per heavy atom. The molecule has 0 fully saturated rings. The molecule has 176 valence electrons. The molecular formula is C20H19F7N2O2S. The lowest BCUT2D eigenvalue weighted by Gasteiger charge is -2.18. The van der Waals surface area contributed by atoms with Crippen LogP contribution in [0.3, 0.4) is 0 Å². The van der Waals surface area contributed by atoms with Crippen LogP contribution < -0.4 is 20.1 Å². The van der Waals surface area contributed by atoms with Crippen LogP contribution in [-0.4, -0.2) is 36.9 Å². The van der Waals surface area contributed by atoms with Crippen LogP contribution >= 0.6 is 12.2 Å². The molecule has 2 N–H and O–H groups in total. The second kappa shape index (κ2) is 10.7. The van der Waals surface area contributed by atoms with Crippen LogP contribution in [0.25, 0.3) is 0 Å². The van der Waals surface area contributed by atoms with Crippen molar-refractivity contribution < 1.29 is 40.2 Å². The van der Waals surface area contributed by atoms with E-state index in [1.54, 1.807) is 12.1 Å². The van der Waals surface area contributed by atoms with Gasteiger partial charge in [-0.2, -0.15) is 22.0 Å². The summed E-state index contributed by atoms with van der Waals surface area (Å²) in [6, 6.07) is 10.3. The highest BCUT2D eigenvalue weighted by Crippen LogP contribution is 2.30. The van der Waals surface area contributed by atoms with Crippen molar-refractivity contribution in [3.05, 3.63) is 48.0 Å². The average molecular weight is 484 g/mol. The van der Waals surface area contributed by atoms with Crippen molar-refractivity contribution in [1.82, 2.24) is 0 Å². The minimum absolute atomic E-state index is 0.0338. The first-order chi connectivity index (χ1) is 14.9. The molecule has 0 bridgehead atoms. The smallest absolute Gasteiger partial charge is 0.422 e. The fraction of sp³-hybridized carbons (Fsp3) is 0.350. The zero-order valence-electron chi connectivity index (χ0n) is 16.6. The van der Waals surface area contributed by atoms with Gasteiger partial charge in [0, 0.05) is 29.6 Å². The summed E-state index contributed by atoms with van der Waals surface area (Å²) in [6.45, 7) is -1.41. The number of aryl methyl sites for hydroxylation is 1. The largest absolute Gasteiger partial charge is 0.487 e. The molecule has 0 radical (unpaired) electrons. The van der Waals surface area contributed by atoms with Gasteiger partial charge in [0.25, 0.3) is 0 Å². The number of nitrogens with one attached hydrogen (secondary N) is 2. The van der Waals surface area contributed by atoms with Crippen LogP contribution in [0.2, 0.25) is 0 Å². The van der Waals surface area contributed by atoms with Gasteiger partial charge in [-0.15, -0.1) is 0 Å². The Kier molecular flexibility index (Phi) is 8.53. The Labute approximate surface area is 184 Å². The van der Waals surface area contributed by atoms with Crippen molar-refractivity contribution in [2.24, 2.45) is 0 Å². The number of halogens is 7. The van der Waals surface area contributed by atoms with E-state index in [4.69, 9.17) is 12.2 Å². The van der Waals surface area contributed by atoms with E-state index in [1.807, 2.05) is 19.1 Å². The zero-order chi connectivity index (χ0) is 23.9. The highest BCUT2D eigenvalue weighted by molar-refractivity contribution is 7.80. The van der Waals surface area contributed by atoms with E-state index in [0.717, 1.165) is 23.8 Å². The number of thiocarbonyl (C=S) groups is 1. The van der Waals surface area contributed by atoms with Crippen LogP contribution in [0, 0.1) is 0 Å². The maximum Gasteiger partial charge on any atom is 0.422 e. The summed E-state index contributed by atoms with van der Waals surface area (Å²) in [5, 5.41) is 5.64. The summed E-state index contributed by atoms with van der Waals surface area (Å²) in [4.78, 5) is 0. The first kappa shape index (κ1) is 25.5. The molecule has 0 unspecified atom stereocenters. The average Bonchev–Trinajstić information content (AvgIpc) is 2.70. The van der Waals surface area contributed by atoms with Crippen LogP contribution in [0.4, 0.5) is 42.1 Å². The minimum atomic E-state index is -4.66. The molecule has 0 amide bonds. The van der Waals surface area contributed by atoms with Gasteiger partial charge in [0.15, 0.2) is 18.3 Å². The summed E-state index contributed by atoms with van der Waals surface area (Å²) >= 11 is 5.19. The summed E-state index contributed by atoms with van der Waals surface area (Å²) in [7, 11) is 0. The van der Waals surface area contributed by atoms with E-state index in [2.05, 4.69) is 20.1 Å². The molecule has 0 spiro atoms. The van der Waals surface area contributed by atoms with Gasteiger partial charge in [-0.3, -0.25) is 0 Å². The van der Waals surface area contributed by atoms with Gasteiger partial charge in [-0.1, -0.05) is 25.1 Å². The van der Waals surface area contributed by atoms with Gasteiger partial charge >= 0.3 is 18.5 Å². The van der Waals surface area contributed by atoms with Crippen molar-refractivity contribution in [1.29, 1.82) is 0 Å². The van der Waals surface area contributed by atoms with E-state index in [0.29, 0.717) is 12.1 Å². The topological polar surface area (TPSA) is 42.5 Å². The maximum atomic E-state index is 13.2. The molecule has 0 saturated heterocycles. The summed E-state index contributed by atoms with van der Waals surface area (Å²) in [5.74, 6) is -5.25. The number of para-hydroxylation sites is 1. The van der Waals surface area contributed by atoms with E-state index >= 15 is 0 Å². The number of hydrogen-bond acceptors (Lipinski definition) is 3. The molecule has 2 rings (SSSR count). The van der Waals surface area contributed by atoms with Crippen molar-refractivity contribution in [2.45, 2.75) is 31.9 Å². The molecule has 4 nitrogen and oxygen atoms in total. The number of hydrogen-bond donors (Lipinski definition) is 2. The summed E-state index contributed by atoms with van der Waals surface area (Å²) in [5.41, 5.74) is 1.66. The summed E-state index contributed by atoms with van der Waals surface area (Å²) in [6.07, 6.45) is -7.93. The van der Waals surface area contributed by atoms with Crippen molar-refractivity contribution in [2.75, 3.05) is 23.8 Å². The fourth-order valence-electron chi connectivity index (χ4n) is 2.45. The molecule has 2 aromatic rings. The van der Waals surface area contributed by atoms with E-state index < -0.39 is 37.5 Å². The molecule has 0 saturated carbocycles. The third kappa shape index (κ3) is 8.06. The van der Waals surface area contributed by atoms with Crippen molar-refractivity contribution >= 4 is 28.7 Å². The van der Waals surface area contributed by atoms with Crippen LogP contribution in [0.5, 0.6) is 11.5 Å². The van der Waals surface area contributed by atoms with E-state index in [1.165, 1.54) is 0 Å². The predicted octanol–water partition coefficient (Wildman–Crippen LogP) is 6.28. The number of alkyl halides is 7. The maximum absolute atomic E-state index is 13.2. The Bertz CT molecular complexity index is 923. The van der Waals surface area contributed by atoms with E-state index in [9.17, 15) is 30.7 Å².